The summed E-state index contributed by atoms with van der Waals surface area (Å²) < 4.78 is 17.1. The molecule has 4 rings (SSSR count). The molecule has 0 saturated carbocycles. The molecule has 1 aliphatic heterocycles. The Morgan fingerprint density at radius 3 is 2.76 bits per heavy atom. The summed E-state index contributed by atoms with van der Waals surface area (Å²) in [5.41, 5.74) is 0.329. The predicted octanol–water partition coefficient (Wildman–Crippen LogP) is -2.12. The second kappa shape index (κ2) is 9.64. The quantitative estimate of drug-likeness (QED) is 0.241. The van der Waals surface area contributed by atoms with Crippen molar-refractivity contribution >= 4 is 16.9 Å². The lowest BCUT2D eigenvalue weighted by atomic mass is 9.97. The minimum absolute atomic E-state index is 0.00244. The van der Waals surface area contributed by atoms with Crippen LogP contribution in [0, 0.1) is 0 Å². The predicted molar refractivity (Wildman–Crippen MR) is 109 cm³/mol. The third-order valence-electron chi connectivity index (χ3n) is 5.20. The van der Waals surface area contributed by atoms with E-state index in [1.807, 2.05) is 0 Å². The molecule has 1 saturated heterocycles. The number of aliphatic hydroxyl groups excluding tert-OH is 4. The number of fused-ring (bicyclic) bond motifs is 1. The first-order chi connectivity index (χ1) is 15.9. The van der Waals surface area contributed by atoms with E-state index in [-0.39, 0.29) is 13.2 Å². The monoisotopic (exact) mass is 462 g/mol. The molecule has 1 amide bonds. The van der Waals surface area contributed by atoms with Crippen LogP contribution in [0.5, 0.6) is 5.75 Å². The van der Waals surface area contributed by atoms with Crippen LogP contribution in [0.2, 0.25) is 0 Å². The molecule has 13 heteroatoms. The fourth-order valence-electron chi connectivity index (χ4n) is 3.43. The van der Waals surface area contributed by atoms with Crippen molar-refractivity contribution in [1.29, 1.82) is 0 Å². The molecule has 1 fully saturated rings. The van der Waals surface area contributed by atoms with E-state index in [9.17, 15) is 24.9 Å². The van der Waals surface area contributed by atoms with E-state index in [1.165, 1.54) is 16.9 Å². The van der Waals surface area contributed by atoms with Gasteiger partial charge in [0.1, 0.15) is 48.8 Å². The van der Waals surface area contributed by atoms with Gasteiger partial charge in [0.25, 0.3) is 0 Å². The van der Waals surface area contributed by atoms with Crippen molar-refractivity contribution in [2.75, 3.05) is 6.61 Å². The van der Waals surface area contributed by atoms with Crippen molar-refractivity contribution in [3.63, 3.8) is 0 Å². The summed E-state index contributed by atoms with van der Waals surface area (Å²) in [5, 5.41) is 49.9. The molecule has 3 heterocycles. The Morgan fingerprint density at radius 1 is 1.18 bits per heavy atom. The highest BCUT2D eigenvalue weighted by Gasteiger charge is 2.44. The number of aliphatic hydroxyl groups is 4. The van der Waals surface area contributed by atoms with Crippen LogP contribution >= 0.6 is 0 Å². The smallest absolute Gasteiger partial charge is 0.336 e. The summed E-state index contributed by atoms with van der Waals surface area (Å²) in [6.07, 6.45) is -4.45. The van der Waals surface area contributed by atoms with E-state index in [1.54, 1.807) is 24.3 Å². The number of carbonyl (C=O) groups is 1. The second-order valence-corrected chi connectivity index (χ2v) is 7.45. The number of amides is 1. The van der Waals surface area contributed by atoms with Gasteiger partial charge in [-0.15, -0.1) is 5.10 Å². The molecule has 13 nitrogen and oxygen atoms in total. The van der Waals surface area contributed by atoms with Crippen LogP contribution in [-0.4, -0.2) is 78.6 Å². The fourth-order valence-corrected chi connectivity index (χ4v) is 3.43. The van der Waals surface area contributed by atoms with E-state index in [2.05, 4.69) is 15.6 Å². The van der Waals surface area contributed by atoms with Crippen LogP contribution in [0.4, 0.5) is 0 Å². The van der Waals surface area contributed by atoms with Crippen LogP contribution in [-0.2, 0) is 22.7 Å². The van der Waals surface area contributed by atoms with E-state index in [4.69, 9.17) is 19.0 Å². The van der Waals surface area contributed by atoms with E-state index >= 15 is 0 Å². The molecule has 33 heavy (non-hydrogen) atoms. The Bertz CT molecular complexity index is 1180. The van der Waals surface area contributed by atoms with Gasteiger partial charge in [0.05, 0.1) is 18.5 Å². The van der Waals surface area contributed by atoms with Crippen LogP contribution in [0.15, 0.2) is 45.7 Å². The maximum atomic E-state index is 12.4. The van der Waals surface area contributed by atoms with Gasteiger partial charge in [-0.1, -0.05) is 5.21 Å². The summed E-state index contributed by atoms with van der Waals surface area (Å²) in [6, 6.07) is 6.63. The van der Waals surface area contributed by atoms with E-state index in [0.717, 1.165) is 5.39 Å². The fraction of sp³-hybridized carbons (Fsp3) is 0.400. The Hall–Kier alpha value is -3.36. The summed E-state index contributed by atoms with van der Waals surface area (Å²) >= 11 is 0. The summed E-state index contributed by atoms with van der Waals surface area (Å²) in [6.45, 7) is -0.931. The average molecular weight is 462 g/mol. The lowest BCUT2D eigenvalue weighted by Crippen LogP contribution is -2.64. The van der Waals surface area contributed by atoms with Crippen molar-refractivity contribution in [3.8, 4) is 5.75 Å². The van der Waals surface area contributed by atoms with Gasteiger partial charge in [-0.25, -0.2) is 9.48 Å². The standard InChI is InChI=1S/C20H22N4O9/c25-8-14-18(28)19(29)17(20(30)33-14)22-15(26)7-24-11(6-21-23-24)9-31-12-3-1-10-2-4-16(27)32-13(10)5-12/h1-6,14,17-20,25,28-30H,7-9H2,(H,22,26)/t14?,17-,18-,19+,20?/m0/s1. The normalized spacial score (nSPS) is 25.2. The number of rotatable bonds is 7. The zero-order valence-electron chi connectivity index (χ0n) is 17.1. The zero-order chi connectivity index (χ0) is 23.5. The molecular formula is C20H22N4O9. The third-order valence-corrected chi connectivity index (χ3v) is 5.20. The molecule has 176 valence electrons. The number of hydrogen-bond donors (Lipinski definition) is 5. The largest absolute Gasteiger partial charge is 0.487 e. The molecule has 0 spiro atoms. The topological polar surface area (TPSA) is 189 Å². The Balaban J connectivity index is 1.37. The highest BCUT2D eigenvalue weighted by Crippen LogP contribution is 2.21. The lowest BCUT2D eigenvalue weighted by molar-refractivity contribution is -0.253. The first-order valence-electron chi connectivity index (χ1n) is 9.99. The molecule has 0 radical (unpaired) electrons. The lowest BCUT2D eigenvalue weighted by Gasteiger charge is -2.40. The van der Waals surface area contributed by atoms with Crippen molar-refractivity contribution < 1.29 is 39.1 Å². The van der Waals surface area contributed by atoms with Gasteiger partial charge in [0, 0.05) is 17.5 Å². The van der Waals surface area contributed by atoms with Gasteiger partial charge in [0.15, 0.2) is 6.29 Å². The average Bonchev–Trinajstić information content (AvgIpc) is 3.24. The molecule has 1 aliphatic rings. The van der Waals surface area contributed by atoms with Gasteiger partial charge in [-0.3, -0.25) is 4.79 Å². The van der Waals surface area contributed by atoms with Crippen LogP contribution < -0.4 is 15.7 Å². The molecule has 2 unspecified atom stereocenters. The maximum absolute atomic E-state index is 12.4. The van der Waals surface area contributed by atoms with Crippen LogP contribution in [0.3, 0.4) is 0 Å². The Morgan fingerprint density at radius 2 is 1.97 bits per heavy atom. The maximum Gasteiger partial charge on any atom is 0.336 e. The number of benzene rings is 1. The molecule has 3 aromatic rings. The van der Waals surface area contributed by atoms with Crippen molar-refractivity contribution in [1.82, 2.24) is 20.3 Å². The highest BCUT2D eigenvalue weighted by molar-refractivity contribution is 5.77. The summed E-state index contributed by atoms with van der Waals surface area (Å²) in [7, 11) is 0. The number of ether oxygens (including phenoxy) is 2. The number of nitrogens with one attached hydrogen (secondary N) is 1. The first-order valence-corrected chi connectivity index (χ1v) is 9.99. The molecular weight excluding hydrogens is 440 g/mol. The van der Waals surface area contributed by atoms with Gasteiger partial charge in [-0.05, 0) is 18.2 Å². The summed E-state index contributed by atoms with van der Waals surface area (Å²) in [4.78, 5) is 23.8. The van der Waals surface area contributed by atoms with Crippen LogP contribution in [0.1, 0.15) is 5.69 Å². The van der Waals surface area contributed by atoms with E-state index in [0.29, 0.717) is 17.0 Å². The minimum Gasteiger partial charge on any atom is -0.487 e. The van der Waals surface area contributed by atoms with Gasteiger partial charge < -0.3 is 39.6 Å². The highest BCUT2D eigenvalue weighted by atomic mass is 16.6. The van der Waals surface area contributed by atoms with Gasteiger partial charge in [0.2, 0.25) is 5.91 Å². The van der Waals surface area contributed by atoms with Crippen molar-refractivity contribution in [3.05, 3.63) is 52.6 Å². The van der Waals surface area contributed by atoms with Crippen LogP contribution in [0.25, 0.3) is 11.0 Å². The van der Waals surface area contributed by atoms with Gasteiger partial charge >= 0.3 is 5.63 Å². The number of hydrogen-bond acceptors (Lipinski definition) is 11. The Labute approximate surface area is 185 Å². The number of nitrogens with zero attached hydrogens (tertiary/aromatic N) is 3. The van der Waals surface area contributed by atoms with Gasteiger partial charge in [-0.2, -0.15) is 0 Å². The van der Waals surface area contributed by atoms with E-state index < -0.39 is 48.8 Å². The second-order valence-electron chi connectivity index (χ2n) is 7.45. The molecule has 5 N–H and O–H groups in total. The van der Waals surface area contributed by atoms with Crippen molar-refractivity contribution in [2.45, 2.75) is 43.8 Å². The minimum atomic E-state index is -1.63. The number of carbonyl (C=O) groups excluding carboxylic acids is 1. The molecule has 0 aliphatic carbocycles. The number of aromatic nitrogens is 3. The Kier molecular flexibility index (Phi) is 6.67. The first kappa shape index (κ1) is 22.8. The third kappa shape index (κ3) is 5.02. The van der Waals surface area contributed by atoms with Crippen molar-refractivity contribution in [2.24, 2.45) is 0 Å². The zero-order valence-corrected chi connectivity index (χ0v) is 17.1. The SMILES string of the molecule is O=C(Cn1nncc1COc1ccc2ccc(=O)oc2c1)N[C@@H]1C(O)OC(CO)[C@H](O)[C@@H]1O. The molecule has 1 aromatic carbocycles. The summed E-state index contributed by atoms with van der Waals surface area (Å²) in [5.74, 6) is -0.220. The molecule has 0 bridgehead atoms. The molecule has 2 aromatic heterocycles. The molecule has 5 atom stereocenters.